The Labute approximate surface area is 191 Å². The largest absolute Gasteiger partial charge is 0.491 e. The molecule has 0 fully saturated rings. The molecule has 0 saturated heterocycles. The van der Waals surface area contributed by atoms with Crippen LogP contribution in [0, 0.1) is 6.92 Å². The van der Waals surface area contributed by atoms with Crippen molar-refractivity contribution in [2.24, 2.45) is 0 Å². The second-order valence-electron chi connectivity index (χ2n) is 8.37. The zero-order valence-corrected chi connectivity index (χ0v) is 19.2. The number of nitrogens with zero attached hydrogens (tertiary/aromatic N) is 5. The van der Waals surface area contributed by atoms with E-state index in [1.54, 1.807) is 28.9 Å². The molecule has 0 bridgehead atoms. The van der Waals surface area contributed by atoms with Gasteiger partial charge in [0.2, 0.25) is 17.5 Å². The summed E-state index contributed by atoms with van der Waals surface area (Å²) in [5.74, 6) is 1.13. The fourth-order valence-corrected chi connectivity index (χ4v) is 3.21. The van der Waals surface area contributed by atoms with Crippen LogP contribution >= 0.6 is 0 Å². The number of rotatable bonds is 8. The number of halogens is 1. The maximum absolute atomic E-state index is 13.6. The van der Waals surface area contributed by atoms with Crippen LogP contribution in [0.15, 0.2) is 53.1 Å². The van der Waals surface area contributed by atoms with Gasteiger partial charge in [0, 0.05) is 19.4 Å². The third-order valence-corrected chi connectivity index (χ3v) is 4.55. The lowest BCUT2D eigenvalue weighted by Crippen LogP contribution is -2.20. The third-order valence-electron chi connectivity index (χ3n) is 4.55. The number of aryl methyl sites for hydroxylation is 1. The number of benzene rings is 2. The van der Waals surface area contributed by atoms with E-state index in [9.17, 15) is 4.39 Å². The molecule has 0 aliphatic carbocycles. The minimum Gasteiger partial charge on any atom is -0.491 e. The third kappa shape index (κ3) is 5.74. The van der Waals surface area contributed by atoms with E-state index in [1.165, 1.54) is 13.8 Å². The van der Waals surface area contributed by atoms with E-state index in [0.29, 0.717) is 29.5 Å². The summed E-state index contributed by atoms with van der Waals surface area (Å²) in [6.07, 6.45) is 0.103. The molecule has 0 unspecified atom stereocenters. The first-order valence-corrected chi connectivity index (χ1v) is 10.7. The van der Waals surface area contributed by atoms with E-state index in [1.807, 2.05) is 45.0 Å². The Balaban J connectivity index is 1.50. The van der Waals surface area contributed by atoms with Crippen LogP contribution in [0.4, 0.5) is 4.39 Å². The van der Waals surface area contributed by atoms with Crippen LogP contribution in [0.5, 0.6) is 11.5 Å². The summed E-state index contributed by atoms with van der Waals surface area (Å²) in [7, 11) is 0. The van der Waals surface area contributed by atoms with Crippen molar-refractivity contribution in [1.82, 2.24) is 24.9 Å². The smallest absolute Gasteiger partial charge is 0.297 e. The summed E-state index contributed by atoms with van der Waals surface area (Å²) in [6, 6.07) is 14.7. The molecule has 0 aliphatic heterocycles. The zero-order chi connectivity index (χ0) is 23.6. The number of aromatic nitrogens is 5. The highest BCUT2D eigenvalue weighted by Crippen LogP contribution is 2.25. The highest BCUT2D eigenvalue weighted by Gasteiger charge is 2.19. The molecule has 0 atom stereocenters. The second-order valence-corrected chi connectivity index (χ2v) is 8.37. The van der Waals surface area contributed by atoms with Gasteiger partial charge in [-0.1, -0.05) is 17.3 Å². The van der Waals surface area contributed by atoms with Gasteiger partial charge < -0.3 is 14.0 Å². The Hall–Kier alpha value is -3.75. The SMILES string of the molecule is Cc1nc(-c2nc(-c3ccc(OC(C)(C)F)cc3)no2)nn1Cc1cccc(OC(C)C)c1. The molecular formula is C24H26FN5O3. The highest BCUT2D eigenvalue weighted by atomic mass is 19.2. The van der Waals surface area contributed by atoms with Crippen molar-refractivity contribution in [3.05, 3.63) is 59.9 Å². The molecule has 0 amide bonds. The maximum Gasteiger partial charge on any atom is 0.297 e. The summed E-state index contributed by atoms with van der Waals surface area (Å²) >= 11 is 0. The Morgan fingerprint density at radius 3 is 2.48 bits per heavy atom. The van der Waals surface area contributed by atoms with Gasteiger partial charge in [-0.25, -0.2) is 9.67 Å². The molecule has 4 aromatic rings. The molecule has 0 aliphatic rings. The fourth-order valence-electron chi connectivity index (χ4n) is 3.21. The Bertz CT molecular complexity index is 1230. The van der Waals surface area contributed by atoms with Crippen LogP contribution < -0.4 is 9.47 Å². The fraction of sp³-hybridized carbons (Fsp3) is 0.333. The molecule has 0 N–H and O–H groups in total. The lowest BCUT2D eigenvalue weighted by Gasteiger charge is -2.16. The van der Waals surface area contributed by atoms with Crippen molar-refractivity contribution in [1.29, 1.82) is 0 Å². The monoisotopic (exact) mass is 451 g/mol. The summed E-state index contributed by atoms with van der Waals surface area (Å²) in [5.41, 5.74) is 1.74. The van der Waals surface area contributed by atoms with Crippen molar-refractivity contribution in [3.63, 3.8) is 0 Å². The molecule has 0 saturated carbocycles. The van der Waals surface area contributed by atoms with Gasteiger partial charge in [-0.05, 0) is 62.7 Å². The first-order valence-electron chi connectivity index (χ1n) is 10.7. The predicted octanol–water partition coefficient (Wildman–Crippen LogP) is 5.22. The van der Waals surface area contributed by atoms with Gasteiger partial charge >= 0.3 is 0 Å². The second kappa shape index (κ2) is 9.01. The number of hydrogen-bond donors (Lipinski definition) is 0. The van der Waals surface area contributed by atoms with Gasteiger partial charge in [0.1, 0.15) is 17.3 Å². The van der Waals surface area contributed by atoms with Gasteiger partial charge in [0.25, 0.3) is 5.89 Å². The first-order chi connectivity index (χ1) is 15.7. The molecule has 8 nitrogen and oxygen atoms in total. The first kappa shape index (κ1) is 22.4. The molecule has 0 spiro atoms. The average Bonchev–Trinajstić information content (AvgIpc) is 3.35. The van der Waals surface area contributed by atoms with E-state index >= 15 is 0 Å². The van der Waals surface area contributed by atoms with E-state index < -0.39 is 5.85 Å². The van der Waals surface area contributed by atoms with Crippen molar-refractivity contribution in [3.8, 4) is 34.6 Å². The quantitative estimate of drug-likeness (QED) is 0.363. The molecule has 2 heterocycles. The lowest BCUT2D eigenvalue weighted by molar-refractivity contribution is -0.0256. The maximum atomic E-state index is 13.6. The summed E-state index contributed by atoms with van der Waals surface area (Å²) in [6.45, 7) is 9.07. The molecule has 0 radical (unpaired) electrons. The van der Waals surface area contributed by atoms with Gasteiger partial charge in [-0.3, -0.25) is 0 Å². The van der Waals surface area contributed by atoms with Crippen LogP contribution in [-0.4, -0.2) is 36.9 Å². The topological polar surface area (TPSA) is 88.1 Å². The molecule has 4 rings (SSSR count). The Kier molecular flexibility index (Phi) is 6.13. The van der Waals surface area contributed by atoms with Crippen molar-refractivity contribution >= 4 is 0 Å². The van der Waals surface area contributed by atoms with Crippen molar-refractivity contribution < 1.29 is 18.4 Å². The summed E-state index contributed by atoms with van der Waals surface area (Å²) in [5, 5.41) is 8.56. The highest BCUT2D eigenvalue weighted by molar-refractivity contribution is 5.57. The molecule has 9 heteroatoms. The van der Waals surface area contributed by atoms with E-state index in [0.717, 1.165) is 17.1 Å². The Morgan fingerprint density at radius 2 is 1.79 bits per heavy atom. The van der Waals surface area contributed by atoms with Gasteiger partial charge in [-0.2, -0.15) is 9.37 Å². The molecule has 172 valence electrons. The van der Waals surface area contributed by atoms with Crippen LogP contribution in [0.1, 0.15) is 39.1 Å². The van der Waals surface area contributed by atoms with Gasteiger partial charge in [-0.15, -0.1) is 5.10 Å². The van der Waals surface area contributed by atoms with Crippen molar-refractivity contribution in [2.75, 3.05) is 0 Å². The van der Waals surface area contributed by atoms with Gasteiger partial charge in [0.15, 0.2) is 0 Å². The summed E-state index contributed by atoms with van der Waals surface area (Å²) < 4.78 is 31.8. The number of ether oxygens (including phenoxy) is 2. The van der Waals surface area contributed by atoms with Crippen LogP contribution in [0.2, 0.25) is 0 Å². The Morgan fingerprint density at radius 1 is 1.03 bits per heavy atom. The van der Waals surface area contributed by atoms with Crippen LogP contribution in [0.25, 0.3) is 23.1 Å². The number of alkyl halides is 1. The molecule has 2 aromatic carbocycles. The standard InChI is InChI=1S/C24H26FN5O3/c1-15(2)31-20-8-6-7-17(13-20)14-30-16(3)26-22(28-30)23-27-21(29-33-23)18-9-11-19(12-10-18)32-24(4,5)25/h6-13,15H,14H2,1-5H3. The van der Waals surface area contributed by atoms with E-state index in [4.69, 9.17) is 14.0 Å². The molecule has 33 heavy (non-hydrogen) atoms. The van der Waals surface area contributed by atoms with Gasteiger partial charge in [0.05, 0.1) is 12.6 Å². The minimum absolute atomic E-state index is 0.103. The summed E-state index contributed by atoms with van der Waals surface area (Å²) in [4.78, 5) is 8.88. The minimum atomic E-state index is -1.76. The number of hydrogen-bond acceptors (Lipinski definition) is 7. The normalized spacial score (nSPS) is 11.7. The van der Waals surface area contributed by atoms with Crippen molar-refractivity contribution in [2.45, 2.75) is 53.1 Å². The van der Waals surface area contributed by atoms with E-state index in [-0.39, 0.29) is 12.0 Å². The van der Waals surface area contributed by atoms with E-state index in [2.05, 4.69) is 20.2 Å². The van der Waals surface area contributed by atoms with Crippen LogP contribution in [0.3, 0.4) is 0 Å². The molecule has 2 aromatic heterocycles. The lowest BCUT2D eigenvalue weighted by atomic mass is 10.2. The zero-order valence-electron chi connectivity index (χ0n) is 19.2. The average molecular weight is 452 g/mol. The van der Waals surface area contributed by atoms with Crippen LogP contribution in [-0.2, 0) is 6.54 Å². The molecular weight excluding hydrogens is 425 g/mol. The predicted molar refractivity (Wildman–Crippen MR) is 121 cm³/mol.